The molecule has 0 radical (unpaired) electrons. The quantitative estimate of drug-likeness (QED) is 0.797. The number of carboxylic acid groups (broad SMARTS) is 1. The number of hydrogen-bond acceptors (Lipinski definition) is 4. The molecule has 2 aliphatic rings. The molecule has 0 saturated carbocycles. The van der Waals surface area contributed by atoms with Crippen LogP contribution < -0.4 is 5.32 Å². The number of anilines is 1. The summed E-state index contributed by atoms with van der Waals surface area (Å²) in [5.74, 6) is -1.16. The van der Waals surface area contributed by atoms with Crippen LogP contribution in [-0.2, 0) is 9.59 Å². The molecule has 1 amide bonds. The summed E-state index contributed by atoms with van der Waals surface area (Å²) in [6.07, 6.45) is 2.52. The molecule has 140 valence electrons. The van der Waals surface area contributed by atoms with Gasteiger partial charge in [-0.05, 0) is 43.5 Å². The Morgan fingerprint density at radius 1 is 1.07 bits per heavy atom. The average Bonchev–Trinajstić information content (AvgIpc) is 3.21. The van der Waals surface area contributed by atoms with Gasteiger partial charge in [0, 0.05) is 21.9 Å². The molecule has 3 unspecified atom stereocenters. The molecule has 2 bridgehead atoms. The molecule has 0 aromatic heterocycles. The van der Waals surface area contributed by atoms with Crippen molar-refractivity contribution in [2.45, 2.75) is 41.1 Å². The molecule has 2 N–H and O–H groups in total. The number of para-hydroxylation sites is 1. The van der Waals surface area contributed by atoms with Crippen molar-refractivity contribution >= 4 is 29.3 Å². The number of hydrogen-bond donors (Lipinski definition) is 2. The van der Waals surface area contributed by atoms with Gasteiger partial charge in [-0.25, -0.2) is 0 Å². The summed E-state index contributed by atoms with van der Waals surface area (Å²) < 4.78 is 0. The third-order valence-corrected chi connectivity index (χ3v) is 6.54. The lowest BCUT2D eigenvalue weighted by Crippen LogP contribution is -2.38. The van der Waals surface area contributed by atoms with E-state index in [0.29, 0.717) is 6.42 Å². The van der Waals surface area contributed by atoms with Crippen LogP contribution in [0.4, 0.5) is 5.69 Å². The van der Waals surface area contributed by atoms with Crippen LogP contribution in [0.15, 0.2) is 64.4 Å². The topological polar surface area (TPSA) is 69.6 Å². The van der Waals surface area contributed by atoms with Crippen molar-refractivity contribution in [1.29, 1.82) is 0 Å². The summed E-state index contributed by atoms with van der Waals surface area (Å²) >= 11 is 1.61. The molecular weight excluding hydrogens is 360 g/mol. The predicted octanol–water partition coefficient (Wildman–Crippen LogP) is 3.71. The van der Waals surface area contributed by atoms with E-state index in [1.54, 1.807) is 11.8 Å². The SMILES string of the molecule is O=C(CN1C2CCC1C(C(=O)O)C2)Nc1ccccc1Sc1ccccc1. The first-order valence-electron chi connectivity index (χ1n) is 9.22. The van der Waals surface area contributed by atoms with Gasteiger partial charge < -0.3 is 10.4 Å². The number of nitrogens with zero attached hydrogens (tertiary/aromatic N) is 1. The van der Waals surface area contributed by atoms with Gasteiger partial charge in [0.05, 0.1) is 18.2 Å². The maximum absolute atomic E-state index is 12.7. The summed E-state index contributed by atoms with van der Waals surface area (Å²) in [5, 5.41) is 12.4. The Morgan fingerprint density at radius 3 is 2.56 bits per heavy atom. The van der Waals surface area contributed by atoms with Crippen molar-refractivity contribution in [3.8, 4) is 0 Å². The molecule has 2 saturated heterocycles. The van der Waals surface area contributed by atoms with E-state index in [2.05, 4.69) is 10.2 Å². The van der Waals surface area contributed by atoms with Gasteiger partial charge in [-0.1, -0.05) is 42.1 Å². The second-order valence-corrected chi connectivity index (χ2v) is 8.23. The number of nitrogens with one attached hydrogen (secondary N) is 1. The van der Waals surface area contributed by atoms with E-state index < -0.39 is 5.97 Å². The number of carbonyl (C=O) groups is 2. The highest BCUT2D eigenvalue weighted by molar-refractivity contribution is 7.99. The second kappa shape index (κ2) is 7.74. The molecule has 0 spiro atoms. The molecule has 5 nitrogen and oxygen atoms in total. The largest absolute Gasteiger partial charge is 0.481 e. The zero-order valence-corrected chi connectivity index (χ0v) is 15.7. The van der Waals surface area contributed by atoms with E-state index >= 15 is 0 Å². The van der Waals surface area contributed by atoms with Crippen LogP contribution in [0.2, 0.25) is 0 Å². The van der Waals surface area contributed by atoms with Gasteiger partial charge in [-0.15, -0.1) is 0 Å². The lowest BCUT2D eigenvalue weighted by Gasteiger charge is -2.22. The molecule has 2 aromatic rings. The molecule has 2 heterocycles. The zero-order chi connectivity index (χ0) is 18.8. The Labute approximate surface area is 162 Å². The molecule has 2 aromatic carbocycles. The Hall–Kier alpha value is -2.31. The Kier molecular flexibility index (Phi) is 5.18. The molecular formula is C21H22N2O3S. The molecule has 4 rings (SSSR count). The number of aliphatic carboxylic acids is 1. The van der Waals surface area contributed by atoms with Crippen molar-refractivity contribution in [1.82, 2.24) is 4.90 Å². The summed E-state index contributed by atoms with van der Waals surface area (Å²) in [6, 6.07) is 18.0. The standard InChI is InChI=1S/C21H22N2O3S/c24-20(13-23-14-10-11-18(23)16(12-14)21(25)26)22-17-8-4-5-9-19(17)27-15-6-2-1-3-7-15/h1-9,14,16,18H,10-13H2,(H,22,24)(H,25,26). The first-order chi connectivity index (χ1) is 13.1. The Balaban J connectivity index is 1.43. The summed E-state index contributed by atoms with van der Waals surface area (Å²) in [6.45, 7) is 0.253. The first kappa shape index (κ1) is 18.1. The molecule has 6 heteroatoms. The number of benzene rings is 2. The van der Waals surface area contributed by atoms with Gasteiger partial charge in [0.25, 0.3) is 0 Å². The van der Waals surface area contributed by atoms with Crippen LogP contribution in [0.1, 0.15) is 19.3 Å². The number of carboxylic acids is 1. The highest BCUT2D eigenvalue weighted by Gasteiger charge is 2.49. The van der Waals surface area contributed by atoms with E-state index in [4.69, 9.17) is 0 Å². The zero-order valence-electron chi connectivity index (χ0n) is 14.9. The van der Waals surface area contributed by atoms with Crippen LogP contribution >= 0.6 is 11.8 Å². The molecule has 3 atom stereocenters. The van der Waals surface area contributed by atoms with E-state index in [1.165, 1.54) is 0 Å². The third-order valence-electron chi connectivity index (χ3n) is 5.46. The smallest absolute Gasteiger partial charge is 0.308 e. The lowest BCUT2D eigenvalue weighted by atomic mass is 9.89. The minimum atomic E-state index is -0.739. The van der Waals surface area contributed by atoms with Crippen LogP contribution in [0.3, 0.4) is 0 Å². The predicted molar refractivity (Wildman–Crippen MR) is 105 cm³/mol. The summed E-state index contributed by atoms with van der Waals surface area (Å²) in [7, 11) is 0. The molecule has 27 heavy (non-hydrogen) atoms. The van der Waals surface area contributed by atoms with Gasteiger partial charge in [-0.2, -0.15) is 0 Å². The second-order valence-electron chi connectivity index (χ2n) is 7.11. The van der Waals surface area contributed by atoms with Crippen LogP contribution in [0, 0.1) is 5.92 Å². The minimum Gasteiger partial charge on any atom is -0.481 e. The van der Waals surface area contributed by atoms with Gasteiger partial charge in [0.15, 0.2) is 0 Å². The third kappa shape index (κ3) is 3.87. The molecule has 2 aliphatic heterocycles. The fourth-order valence-corrected chi connectivity index (χ4v) is 5.17. The number of amides is 1. The summed E-state index contributed by atoms with van der Waals surface area (Å²) in [4.78, 5) is 28.2. The summed E-state index contributed by atoms with van der Waals surface area (Å²) in [5.41, 5.74) is 0.790. The lowest BCUT2D eigenvalue weighted by molar-refractivity contribution is -0.142. The van der Waals surface area contributed by atoms with Crippen molar-refractivity contribution in [3.63, 3.8) is 0 Å². The first-order valence-corrected chi connectivity index (χ1v) is 10.0. The fourth-order valence-electron chi connectivity index (χ4n) is 4.24. The van der Waals surface area contributed by atoms with E-state index in [-0.39, 0.29) is 30.5 Å². The van der Waals surface area contributed by atoms with Gasteiger partial charge >= 0.3 is 5.97 Å². The number of fused-ring (bicyclic) bond motifs is 2. The Bertz CT molecular complexity index is 842. The van der Waals surface area contributed by atoms with Gasteiger partial charge in [-0.3, -0.25) is 14.5 Å². The van der Waals surface area contributed by atoms with Gasteiger partial charge in [0.1, 0.15) is 0 Å². The van der Waals surface area contributed by atoms with Crippen molar-refractivity contribution < 1.29 is 14.7 Å². The normalized spacial score (nSPS) is 24.1. The van der Waals surface area contributed by atoms with Crippen LogP contribution in [-0.4, -0.2) is 40.5 Å². The highest BCUT2D eigenvalue weighted by Crippen LogP contribution is 2.41. The molecule has 2 fully saturated rings. The minimum absolute atomic E-state index is 0.00723. The van der Waals surface area contributed by atoms with Gasteiger partial charge in [0.2, 0.25) is 5.91 Å². The Morgan fingerprint density at radius 2 is 1.81 bits per heavy atom. The fraction of sp³-hybridized carbons (Fsp3) is 0.333. The maximum atomic E-state index is 12.7. The maximum Gasteiger partial charge on any atom is 0.308 e. The molecule has 0 aliphatic carbocycles. The van der Waals surface area contributed by atoms with Crippen LogP contribution in [0.25, 0.3) is 0 Å². The average molecular weight is 382 g/mol. The van der Waals surface area contributed by atoms with E-state index in [9.17, 15) is 14.7 Å². The van der Waals surface area contributed by atoms with Crippen molar-refractivity contribution in [3.05, 3.63) is 54.6 Å². The van der Waals surface area contributed by atoms with Crippen molar-refractivity contribution in [2.75, 3.05) is 11.9 Å². The van der Waals surface area contributed by atoms with Crippen LogP contribution in [0.5, 0.6) is 0 Å². The number of carbonyl (C=O) groups excluding carboxylic acids is 1. The monoisotopic (exact) mass is 382 g/mol. The van der Waals surface area contributed by atoms with E-state index in [0.717, 1.165) is 28.3 Å². The number of rotatable bonds is 6. The van der Waals surface area contributed by atoms with E-state index in [1.807, 2.05) is 54.6 Å². The van der Waals surface area contributed by atoms with Crippen molar-refractivity contribution in [2.24, 2.45) is 5.92 Å². The highest BCUT2D eigenvalue weighted by atomic mass is 32.2.